The van der Waals surface area contributed by atoms with E-state index in [0.717, 1.165) is 12.1 Å². The number of fused-ring (bicyclic) bond motifs is 2. The number of rotatable bonds is 1. The predicted octanol–water partition coefficient (Wildman–Crippen LogP) is 0.501. The lowest BCUT2D eigenvalue weighted by molar-refractivity contribution is -0.159. The summed E-state index contributed by atoms with van der Waals surface area (Å²) in [6.45, 7) is 1.67. The van der Waals surface area contributed by atoms with E-state index in [-0.39, 0.29) is 17.5 Å². The molecule has 2 heterocycles. The number of ether oxygens (including phenoxy) is 1. The summed E-state index contributed by atoms with van der Waals surface area (Å²) in [5, 5.41) is 39.5. The number of phenolic OH excluding ortho intramolecular Hbond substituents is 2. The first-order valence-corrected chi connectivity index (χ1v) is 10.5. The van der Waals surface area contributed by atoms with E-state index in [2.05, 4.69) is 0 Å². The third-order valence-electron chi connectivity index (χ3n) is 5.44. The van der Waals surface area contributed by atoms with Crippen LogP contribution in [0.5, 0.6) is 11.5 Å². The van der Waals surface area contributed by atoms with E-state index in [1.807, 2.05) is 0 Å². The maximum Gasteiger partial charge on any atom is 0.337 e. The second kappa shape index (κ2) is 7.75. The Balaban J connectivity index is 2.19. The van der Waals surface area contributed by atoms with Crippen molar-refractivity contribution in [2.24, 2.45) is 5.92 Å². The summed E-state index contributed by atoms with van der Waals surface area (Å²) >= 11 is 0. The van der Waals surface area contributed by atoms with Gasteiger partial charge < -0.3 is 25.2 Å². The van der Waals surface area contributed by atoms with Crippen molar-refractivity contribution in [2.45, 2.75) is 49.6 Å². The van der Waals surface area contributed by atoms with E-state index in [1.54, 1.807) is 6.92 Å². The number of cyclic esters (lactones) is 1. The summed E-state index contributed by atoms with van der Waals surface area (Å²) in [6.07, 6.45) is 0.0650. The fraction of sp³-hybridized carbons (Fsp3) is 0.526. The van der Waals surface area contributed by atoms with Crippen LogP contribution in [0.1, 0.15) is 42.1 Å². The van der Waals surface area contributed by atoms with E-state index in [4.69, 9.17) is 4.74 Å². The summed E-state index contributed by atoms with van der Waals surface area (Å²) in [4.78, 5) is 37.4. The van der Waals surface area contributed by atoms with Crippen LogP contribution in [0.15, 0.2) is 12.1 Å². The van der Waals surface area contributed by atoms with E-state index in [0.29, 0.717) is 12.8 Å². The summed E-state index contributed by atoms with van der Waals surface area (Å²) in [6, 6.07) is 1.99. The highest BCUT2D eigenvalue weighted by Crippen LogP contribution is 2.41. The molecule has 2 aliphatic rings. The number of aliphatic carboxylic acids is 1. The van der Waals surface area contributed by atoms with Crippen LogP contribution in [0.2, 0.25) is 0 Å². The predicted molar refractivity (Wildman–Crippen MR) is 100 cm³/mol. The zero-order chi connectivity index (χ0) is 21.5. The van der Waals surface area contributed by atoms with Gasteiger partial charge in [-0.05, 0) is 37.8 Å². The zero-order valence-electron chi connectivity index (χ0n) is 15.7. The zero-order valence-corrected chi connectivity index (χ0v) is 16.5. The van der Waals surface area contributed by atoms with Crippen molar-refractivity contribution in [3.63, 3.8) is 0 Å². The maximum atomic E-state index is 13.4. The molecule has 2 aliphatic heterocycles. The van der Waals surface area contributed by atoms with E-state index >= 15 is 0 Å². The molecule has 0 aromatic heterocycles. The van der Waals surface area contributed by atoms with Gasteiger partial charge in [-0.1, -0.05) is 0 Å². The summed E-state index contributed by atoms with van der Waals surface area (Å²) < 4.78 is 17.9. The number of aromatic hydroxyl groups is 2. The second-order valence-electron chi connectivity index (χ2n) is 7.54. The first-order valence-electron chi connectivity index (χ1n) is 9.16. The minimum Gasteiger partial charge on any atom is -0.508 e. The molecule has 1 aromatic carbocycles. The molecule has 1 fully saturated rings. The van der Waals surface area contributed by atoms with E-state index in [9.17, 15) is 39.0 Å². The minimum atomic E-state index is -2.57. The van der Waals surface area contributed by atoms with Crippen LogP contribution < -0.4 is 0 Å². The molecule has 1 saturated heterocycles. The number of benzene rings is 1. The van der Waals surface area contributed by atoms with Gasteiger partial charge in [0.2, 0.25) is 0 Å². The fourth-order valence-electron chi connectivity index (χ4n) is 4.09. The average Bonchev–Trinajstić information content (AvgIpc) is 2.84. The Kier molecular flexibility index (Phi) is 5.68. The van der Waals surface area contributed by atoms with Crippen LogP contribution in [0.25, 0.3) is 0 Å². The van der Waals surface area contributed by atoms with Crippen molar-refractivity contribution in [3.05, 3.63) is 23.3 Å². The molecule has 10 heteroatoms. The maximum absolute atomic E-state index is 13.4. The largest absolute Gasteiger partial charge is 0.508 e. The van der Waals surface area contributed by atoms with Gasteiger partial charge in [-0.15, -0.1) is 0 Å². The van der Waals surface area contributed by atoms with Crippen LogP contribution in [0.3, 0.4) is 0 Å². The van der Waals surface area contributed by atoms with Gasteiger partial charge in [-0.2, -0.15) is 0 Å². The van der Waals surface area contributed by atoms with Crippen molar-refractivity contribution < 1.29 is 43.8 Å². The van der Waals surface area contributed by atoms with Crippen molar-refractivity contribution in [3.8, 4) is 11.5 Å². The Bertz CT molecular complexity index is 896. The second-order valence-corrected chi connectivity index (χ2v) is 9.20. The standard InChI is InChI=1S/C19H22O9S/c1-9-3-2-4-13-16(19(26,18(24)25)8-29(13)27)17(23)15-10(6-14(22)28-9)5-11(20)7-12(15)21/h5,7,9,13,16,20-21,26H,2-4,6,8H2,1H3,(H,24,25)/t9-,13+,16-,19-,29-/m0/s1. The first kappa shape index (κ1) is 21.3. The molecule has 29 heavy (non-hydrogen) atoms. The molecular weight excluding hydrogens is 404 g/mol. The van der Waals surface area contributed by atoms with Crippen LogP contribution in [-0.4, -0.2) is 65.1 Å². The van der Waals surface area contributed by atoms with Crippen LogP contribution in [0.4, 0.5) is 0 Å². The molecule has 0 aliphatic carbocycles. The highest BCUT2D eigenvalue weighted by atomic mass is 32.2. The number of aliphatic hydroxyl groups is 1. The van der Waals surface area contributed by atoms with Gasteiger partial charge in [0.05, 0.1) is 29.8 Å². The molecular formula is C19H22O9S. The SMILES string of the molecule is C[C@H]1CCC[C@@H]2[C@@H](C(=O)c3c(O)cc(O)cc3CC(=O)O1)[C@](O)(C(=O)O)C[S@@]2=O. The Morgan fingerprint density at radius 1 is 1.24 bits per heavy atom. The monoisotopic (exact) mass is 426 g/mol. The minimum absolute atomic E-state index is 0.0607. The topological polar surface area (TPSA) is 158 Å². The van der Waals surface area contributed by atoms with Gasteiger partial charge in [0.25, 0.3) is 0 Å². The molecule has 158 valence electrons. The molecule has 9 nitrogen and oxygen atoms in total. The van der Waals surface area contributed by atoms with Gasteiger partial charge in [-0.3, -0.25) is 13.8 Å². The number of carboxylic acid groups (broad SMARTS) is 1. The molecule has 3 rings (SSSR count). The molecule has 0 amide bonds. The van der Waals surface area contributed by atoms with Gasteiger partial charge in [-0.25, -0.2) is 4.79 Å². The number of esters is 1. The van der Waals surface area contributed by atoms with Crippen molar-refractivity contribution >= 4 is 28.5 Å². The third kappa shape index (κ3) is 3.86. The van der Waals surface area contributed by atoms with Crippen molar-refractivity contribution in [1.82, 2.24) is 0 Å². The molecule has 0 radical (unpaired) electrons. The Labute approximate surface area is 168 Å². The van der Waals surface area contributed by atoms with Crippen LogP contribution in [-0.2, 0) is 31.5 Å². The van der Waals surface area contributed by atoms with E-state index in [1.165, 1.54) is 0 Å². The molecule has 0 unspecified atom stereocenters. The number of carbonyl (C=O) groups excluding carboxylic acids is 2. The lowest BCUT2D eigenvalue weighted by atomic mass is 9.78. The number of Topliss-reactive ketones (excluding diaryl/α,β-unsaturated/α-hetero) is 1. The molecule has 4 N–H and O–H groups in total. The van der Waals surface area contributed by atoms with Gasteiger partial charge in [0.1, 0.15) is 11.5 Å². The van der Waals surface area contributed by atoms with Crippen molar-refractivity contribution in [1.29, 1.82) is 0 Å². The summed E-state index contributed by atoms with van der Waals surface area (Å²) in [7, 11) is -1.79. The molecule has 0 saturated carbocycles. The molecule has 0 spiro atoms. The Morgan fingerprint density at radius 3 is 2.59 bits per heavy atom. The highest BCUT2D eigenvalue weighted by molar-refractivity contribution is 7.86. The smallest absolute Gasteiger partial charge is 0.337 e. The average molecular weight is 426 g/mol. The van der Waals surface area contributed by atoms with Crippen LogP contribution >= 0.6 is 0 Å². The Morgan fingerprint density at radius 2 is 1.93 bits per heavy atom. The van der Waals surface area contributed by atoms with Gasteiger partial charge in [0.15, 0.2) is 11.4 Å². The lowest BCUT2D eigenvalue weighted by Gasteiger charge is -2.28. The number of carbonyl (C=O) groups is 3. The van der Waals surface area contributed by atoms with E-state index < -0.39 is 75.1 Å². The summed E-state index contributed by atoms with van der Waals surface area (Å²) in [5.74, 6) is -6.53. The third-order valence-corrected chi connectivity index (χ3v) is 7.34. The quantitative estimate of drug-likeness (QED) is 0.469. The van der Waals surface area contributed by atoms with Gasteiger partial charge >= 0.3 is 11.9 Å². The Hall–Kier alpha value is -2.46. The van der Waals surface area contributed by atoms with Crippen LogP contribution in [0, 0.1) is 5.92 Å². The number of hydrogen-bond acceptors (Lipinski definition) is 8. The fourth-order valence-corrected chi connectivity index (χ4v) is 6.12. The van der Waals surface area contributed by atoms with Crippen molar-refractivity contribution in [2.75, 3.05) is 5.75 Å². The number of phenols is 2. The number of ketones is 1. The first-order chi connectivity index (χ1) is 13.5. The normalized spacial score (nSPS) is 33.0. The molecule has 5 atom stereocenters. The number of hydrogen-bond donors (Lipinski definition) is 4. The number of carboxylic acids is 1. The molecule has 0 bridgehead atoms. The molecule has 1 aromatic rings. The van der Waals surface area contributed by atoms with Gasteiger partial charge in [0, 0.05) is 22.1 Å². The lowest BCUT2D eigenvalue weighted by Crippen LogP contribution is -2.50. The highest BCUT2D eigenvalue weighted by Gasteiger charge is 2.60. The summed E-state index contributed by atoms with van der Waals surface area (Å²) in [5.41, 5.74) is -3.01.